The third-order valence-electron chi connectivity index (χ3n) is 2.23. The molecular formula is C13H12BF4-. The number of hydrogen-bond acceptors (Lipinski definition) is 0. The molecule has 0 unspecified atom stereocenters. The molecule has 18 heavy (non-hydrogen) atoms. The van der Waals surface area contributed by atoms with Crippen molar-refractivity contribution < 1.29 is 17.3 Å². The molecule has 0 saturated carbocycles. The molecule has 0 aliphatic heterocycles. The van der Waals surface area contributed by atoms with E-state index in [4.69, 9.17) is 0 Å². The molecule has 0 atom stereocenters. The van der Waals surface area contributed by atoms with Crippen LogP contribution in [0.4, 0.5) is 17.3 Å². The van der Waals surface area contributed by atoms with Crippen LogP contribution in [0.25, 0.3) is 11.1 Å². The van der Waals surface area contributed by atoms with E-state index in [2.05, 4.69) is 55.5 Å². The lowest BCUT2D eigenvalue weighted by molar-refractivity contribution is 0.368. The third-order valence-corrected chi connectivity index (χ3v) is 2.23. The number of hydrogen-bond donors (Lipinski definition) is 0. The Kier molecular flexibility index (Phi) is 4.95. The first kappa shape index (κ1) is 14.3. The second-order valence-electron chi connectivity index (χ2n) is 3.68. The molecule has 0 fully saturated rings. The average molecular weight is 255 g/mol. The van der Waals surface area contributed by atoms with Gasteiger partial charge in [-0.3, -0.25) is 0 Å². The van der Waals surface area contributed by atoms with Gasteiger partial charge in [0.05, 0.1) is 0 Å². The Morgan fingerprint density at radius 2 is 1.17 bits per heavy atom. The van der Waals surface area contributed by atoms with Gasteiger partial charge in [0.1, 0.15) is 0 Å². The first-order chi connectivity index (χ1) is 8.38. The Morgan fingerprint density at radius 1 is 0.722 bits per heavy atom. The van der Waals surface area contributed by atoms with Gasteiger partial charge in [-0.05, 0) is 23.6 Å². The molecule has 5 heteroatoms. The zero-order valence-electron chi connectivity index (χ0n) is 9.79. The van der Waals surface area contributed by atoms with Crippen LogP contribution in [-0.2, 0) is 0 Å². The lowest BCUT2D eigenvalue weighted by atomic mass is 10.0. The van der Waals surface area contributed by atoms with E-state index in [-0.39, 0.29) is 0 Å². The molecule has 0 N–H and O–H groups in total. The maximum absolute atomic E-state index is 9.75. The fourth-order valence-corrected chi connectivity index (χ4v) is 1.51. The summed E-state index contributed by atoms with van der Waals surface area (Å²) in [6.07, 6.45) is 0. The maximum Gasteiger partial charge on any atom is 0.673 e. The Balaban J connectivity index is 0.000000280. The Hall–Kier alpha value is -1.78. The first-order valence-electron chi connectivity index (χ1n) is 5.36. The van der Waals surface area contributed by atoms with Crippen molar-refractivity contribution in [2.24, 2.45) is 0 Å². The summed E-state index contributed by atoms with van der Waals surface area (Å²) in [5, 5.41) is 0. The number of aryl methyl sites for hydroxylation is 1. The van der Waals surface area contributed by atoms with Gasteiger partial charge in [0.15, 0.2) is 0 Å². The van der Waals surface area contributed by atoms with Crippen molar-refractivity contribution in [2.75, 3.05) is 0 Å². The minimum Gasteiger partial charge on any atom is -0.418 e. The van der Waals surface area contributed by atoms with Gasteiger partial charge in [-0.25, -0.2) is 0 Å². The van der Waals surface area contributed by atoms with E-state index in [1.807, 2.05) is 6.07 Å². The second kappa shape index (κ2) is 6.24. The Labute approximate surface area is 103 Å². The topological polar surface area (TPSA) is 0 Å². The van der Waals surface area contributed by atoms with Gasteiger partial charge in [-0.1, -0.05) is 54.6 Å². The predicted octanol–water partition coefficient (Wildman–Crippen LogP) is 4.96. The fraction of sp³-hybridized carbons (Fsp3) is 0.0769. The zero-order valence-corrected chi connectivity index (χ0v) is 9.79. The molecule has 0 saturated heterocycles. The molecule has 0 radical (unpaired) electrons. The van der Waals surface area contributed by atoms with E-state index < -0.39 is 7.25 Å². The first-order valence-corrected chi connectivity index (χ1v) is 5.36. The molecule has 0 aromatic heterocycles. The average Bonchev–Trinajstić information content (AvgIpc) is 2.29. The molecule has 0 heterocycles. The van der Waals surface area contributed by atoms with Gasteiger partial charge in [-0.15, -0.1) is 0 Å². The lowest BCUT2D eigenvalue weighted by Crippen LogP contribution is -2.02. The van der Waals surface area contributed by atoms with Crippen LogP contribution >= 0.6 is 0 Å². The normalized spacial score (nSPS) is 10.5. The number of halogens is 4. The van der Waals surface area contributed by atoms with Gasteiger partial charge in [0, 0.05) is 0 Å². The second-order valence-corrected chi connectivity index (χ2v) is 3.68. The highest BCUT2D eigenvalue weighted by molar-refractivity contribution is 6.50. The monoisotopic (exact) mass is 255 g/mol. The van der Waals surface area contributed by atoms with Crippen LogP contribution in [0.2, 0.25) is 0 Å². The number of benzene rings is 2. The zero-order chi connectivity index (χ0) is 13.6. The van der Waals surface area contributed by atoms with Gasteiger partial charge in [0.25, 0.3) is 0 Å². The van der Waals surface area contributed by atoms with Crippen LogP contribution in [0.15, 0.2) is 54.6 Å². The van der Waals surface area contributed by atoms with Crippen molar-refractivity contribution in [3.8, 4) is 11.1 Å². The van der Waals surface area contributed by atoms with Crippen molar-refractivity contribution in [2.45, 2.75) is 6.92 Å². The van der Waals surface area contributed by atoms with Gasteiger partial charge >= 0.3 is 7.25 Å². The lowest BCUT2D eigenvalue weighted by Gasteiger charge is -2.04. The van der Waals surface area contributed by atoms with Crippen LogP contribution in [0, 0.1) is 6.92 Å². The standard InChI is InChI=1S/C13H12.BF4/c1-11-7-5-6-10-13(11)12-8-3-2-4-9-12;2-1(3,4)5/h2-10H,1H3;/q;-1. The van der Waals surface area contributed by atoms with E-state index in [1.165, 1.54) is 16.7 Å². The van der Waals surface area contributed by atoms with Crippen LogP contribution in [0.3, 0.4) is 0 Å². The minimum atomic E-state index is -6.00. The van der Waals surface area contributed by atoms with E-state index in [9.17, 15) is 17.3 Å². The summed E-state index contributed by atoms with van der Waals surface area (Å²) in [5.74, 6) is 0. The minimum absolute atomic E-state index is 1.29. The predicted molar refractivity (Wildman–Crippen MR) is 66.8 cm³/mol. The molecule has 2 rings (SSSR count). The van der Waals surface area contributed by atoms with E-state index in [1.54, 1.807) is 0 Å². The summed E-state index contributed by atoms with van der Waals surface area (Å²) >= 11 is 0. The SMILES string of the molecule is Cc1ccccc1-c1ccccc1.F[B-](F)(F)F. The largest absolute Gasteiger partial charge is 0.673 e. The molecule has 0 bridgehead atoms. The quantitative estimate of drug-likeness (QED) is 0.499. The van der Waals surface area contributed by atoms with Gasteiger partial charge in [0.2, 0.25) is 0 Å². The molecule has 0 aliphatic rings. The third kappa shape index (κ3) is 5.52. The Bertz CT molecular complexity index is 474. The van der Waals surface area contributed by atoms with E-state index >= 15 is 0 Å². The highest BCUT2D eigenvalue weighted by atomic mass is 19.5. The molecule has 0 amide bonds. The summed E-state index contributed by atoms with van der Waals surface area (Å²) in [6.45, 7) is 2.14. The van der Waals surface area contributed by atoms with Gasteiger partial charge < -0.3 is 17.3 Å². The molecule has 96 valence electrons. The summed E-state index contributed by atoms with van der Waals surface area (Å²) in [6, 6.07) is 18.9. The van der Waals surface area contributed by atoms with E-state index in [0.717, 1.165) is 0 Å². The fourth-order valence-electron chi connectivity index (χ4n) is 1.51. The van der Waals surface area contributed by atoms with E-state index in [0.29, 0.717) is 0 Å². The van der Waals surface area contributed by atoms with Crippen molar-refractivity contribution in [3.63, 3.8) is 0 Å². The summed E-state index contributed by atoms with van der Waals surface area (Å²) < 4.78 is 39.0. The summed E-state index contributed by atoms with van der Waals surface area (Å²) in [5.41, 5.74) is 3.94. The van der Waals surface area contributed by atoms with Crippen molar-refractivity contribution in [1.82, 2.24) is 0 Å². The van der Waals surface area contributed by atoms with Crippen molar-refractivity contribution in [3.05, 3.63) is 60.2 Å². The smallest absolute Gasteiger partial charge is 0.418 e. The molecule has 2 aromatic carbocycles. The molecular weight excluding hydrogens is 243 g/mol. The van der Waals surface area contributed by atoms with Crippen LogP contribution < -0.4 is 0 Å². The van der Waals surface area contributed by atoms with Crippen LogP contribution in [0.5, 0.6) is 0 Å². The van der Waals surface area contributed by atoms with Crippen molar-refractivity contribution >= 4 is 7.25 Å². The molecule has 0 aliphatic carbocycles. The summed E-state index contributed by atoms with van der Waals surface area (Å²) in [7, 11) is -6.00. The molecule has 0 spiro atoms. The Morgan fingerprint density at radius 3 is 1.67 bits per heavy atom. The maximum atomic E-state index is 9.75. The van der Waals surface area contributed by atoms with Crippen LogP contribution in [-0.4, -0.2) is 7.25 Å². The highest BCUT2D eigenvalue weighted by Crippen LogP contribution is 2.21. The summed E-state index contributed by atoms with van der Waals surface area (Å²) in [4.78, 5) is 0. The number of rotatable bonds is 1. The molecule has 0 nitrogen and oxygen atoms in total. The van der Waals surface area contributed by atoms with Crippen molar-refractivity contribution in [1.29, 1.82) is 0 Å². The highest BCUT2D eigenvalue weighted by Gasteiger charge is 2.20. The van der Waals surface area contributed by atoms with Gasteiger partial charge in [-0.2, -0.15) is 0 Å². The molecule has 2 aromatic rings. The van der Waals surface area contributed by atoms with Crippen LogP contribution in [0.1, 0.15) is 5.56 Å².